The Balaban J connectivity index is 1.52. The second-order valence-electron chi connectivity index (χ2n) is 6.16. The monoisotopic (exact) mass is 364 g/mol. The number of hydrogen-bond donors (Lipinski definition) is 2. The van der Waals surface area contributed by atoms with Crippen molar-refractivity contribution < 1.29 is 0 Å². The first kappa shape index (κ1) is 17.3. The molecule has 2 N–H and O–H groups in total. The lowest BCUT2D eigenvalue weighted by atomic mass is 9.96. The summed E-state index contributed by atoms with van der Waals surface area (Å²) in [7, 11) is 0. The molecule has 0 radical (unpaired) electrons. The maximum Gasteiger partial charge on any atom is 0.224 e. The number of anilines is 2. The fourth-order valence-corrected chi connectivity index (χ4v) is 3.51. The molecule has 128 valence electrons. The van der Waals surface area contributed by atoms with Crippen LogP contribution in [0.5, 0.6) is 0 Å². The van der Waals surface area contributed by atoms with Crippen molar-refractivity contribution in [3.05, 3.63) is 46.1 Å². The molecule has 1 aromatic carbocycles. The van der Waals surface area contributed by atoms with Crippen molar-refractivity contribution in [3.63, 3.8) is 0 Å². The Morgan fingerprint density at radius 1 is 1.08 bits per heavy atom. The fourth-order valence-electron chi connectivity index (χ4n) is 3.01. The van der Waals surface area contributed by atoms with Crippen molar-refractivity contribution in [1.82, 2.24) is 9.97 Å². The van der Waals surface area contributed by atoms with E-state index in [4.69, 9.17) is 23.2 Å². The second kappa shape index (κ2) is 8.54. The van der Waals surface area contributed by atoms with Gasteiger partial charge >= 0.3 is 0 Å². The van der Waals surface area contributed by atoms with Crippen LogP contribution in [0.3, 0.4) is 0 Å². The maximum absolute atomic E-state index is 6.20. The Bertz CT molecular complexity index is 672. The van der Waals surface area contributed by atoms with Gasteiger partial charge in [0.1, 0.15) is 5.82 Å². The molecule has 1 heterocycles. The molecule has 0 atom stereocenters. The molecule has 0 spiro atoms. The van der Waals surface area contributed by atoms with Gasteiger partial charge in [-0.3, -0.25) is 0 Å². The Hall–Kier alpha value is -1.52. The minimum Gasteiger partial charge on any atom is -0.370 e. The van der Waals surface area contributed by atoms with Crippen LogP contribution >= 0.6 is 23.2 Å². The number of aromatic nitrogens is 2. The molecule has 1 fully saturated rings. The molecule has 1 aliphatic carbocycles. The molecule has 1 aliphatic rings. The summed E-state index contributed by atoms with van der Waals surface area (Å²) < 4.78 is 0. The number of nitrogens with one attached hydrogen (secondary N) is 2. The Labute approximate surface area is 153 Å². The van der Waals surface area contributed by atoms with Crippen molar-refractivity contribution in [2.75, 3.05) is 17.2 Å². The van der Waals surface area contributed by atoms with Crippen molar-refractivity contribution in [2.24, 2.45) is 0 Å². The predicted molar refractivity (Wildman–Crippen MR) is 101 cm³/mol. The van der Waals surface area contributed by atoms with E-state index in [0.29, 0.717) is 22.0 Å². The molecule has 1 aromatic heterocycles. The summed E-state index contributed by atoms with van der Waals surface area (Å²) >= 11 is 12.1. The summed E-state index contributed by atoms with van der Waals surface area (Å²) in [4.78, 5) is 8.87. The van der Waals surface area contributed by atoms with Crippen LogP contribution < -0.4 is 10.6 Å². The Kier molecular flexibility index (Phi) is 6.16. The number of benzene rings is 1. The van der Waals surface area contributed by atoms with Gasteiger partial charge < -0.3 is 10.6 Å². The predicted octanol–water partition coefficient (Wildman–Crippen LogP) is 5.18. The zero-order valence-corrected chi connectivity index (χ0v) is 15.1. The Morgan fingerprint density at radius 2 is 1.92 bits per heavy atom. The van der Waals surface area contributed by atoms with Crippen LogP contribution in [0, 0.1) is 0 Å². The van der Waals surface area contributed by atoms with Crippen molar-refractivity contribution in [1.29, 1.82) is 0 Å². The van der Waals surface area contributed by atoms with Gasteiger partial charge in [0.25, 0.3) is 0 Å². The van der Waals surface area contributed by atoms with Crippen LogP contribution in [0.25, 0.3) is 0 Å². The minimum atomic E-state index is 0.502. The second-order valence-corrected chi connectivity index (χ2v) is 7.00. The van der Waals surface area contributed by atoms with Crippen LogP contribution in [0.4, 0.5) is 11.8 Å². The quantitative estimate of drug-likeness (QED) is 0.740. The molecule has 3 rings (SSSR count). The standard InChI is InChI=1S/C18H22Cl2N4/c19-14-7-6-13(16(20)12-14)8-10-21-17-9-11-22-18(24-17)23-15-4-2-1-3-5-15/h6-7,9,11-12,15H,1-5,8,10H2,(H2,21,22,23,24). The van der Waals surface area contributed by atoms with Crippen LogP contribution in [-0.2, 0) is 6.42 Å². The molecule has 0 bridgehead atoms. The summed E-state index contributed by atoms with van der Waals surface area (Å²) in [5, 5.41) is 8.14. The average Bonchev–Trinajstić information content (AvgIpc) is 2.58. The lowest BCUT2D eigenvalue weighted by molar-refractivity contribution is 0.461. The van der Waals surface area contributed by atoms with Crippen LogP contribution in [-0.4, -0.2) is 22.6 Å². The van der Waals surface area contributed by atoms with Gasteiger partial charge in [0.05, 0.1) is 0 Å². The van der Waals surface area contributed by atoms with E-state index >= 15 is 0 Å². The third-order valence-electron chi connectivity index (χ3n) is 4.31. The van der Waals surface area contributed by atoms with Gasteiger partial charge in [0.15, 0.2) is 0 Å². The summed E-state index contributed by atoms with van der Waals surface area (Å²) in [5.41, 5.74) is 1.07. The molecule has 0 saturated heterocycles. The smallest absolute Gasteiger partial charge is 0.224 e. The summed E-state index contributed by atoms with van der Waals surface area (Å²) in [5.74, 6) is 1.53. The lowest BCUT2D eigenvalue weighted by Crippen LogP contribution is -2.23. The normalized spacial score (nSPS) is 15.2. The van der Waals surface area contributed by atoms with Gasteiger partial charge in [0.2, 0.25) is 5.95 Å². The first-order valence-electron chi connectivity index (χ1n) is 8.48. The van der Waals surface area contributed by atoms with Gasteiger partial charge in [-0.25, -0.2) is 4.98 Å². The largest absolute Gasteiger partial charge is 0.370 e. The fraction of sp³-hybridized carbons (Fsp3) is 0.444. The summed E-state index contributed by atoms with van der Waals surface area (Å²) in [6.45, 7) is 0.751. The van der Waals surface area contributed by atoms with E-state index in [1.54, 1.807) is 12.3 Å². The highest BCUT2D eigenvalue weighted by Gasteiger charge is 2.14. The molecular weight excluding hydrogens is 343 g/mol. The molecule has 4 nitrogen and oxygen atoms in total. The average molecular weight is 365 g/mol. The zero-order valence-electron chi connectivity index (χ0n) is 13.6. The lowest BCUT2D eigenvalue weighted by Gasteiger charge is -2.22. The first-order valence-corrected chi connectivity index (χ1v) is 9.24. The highest BCUT2D eigenvalue weighted by atomic mass is 35.5. The maximum atomic E-state index is 6.20. The van der Waals surface area contributed by atoms with E-state index < -0.39 is 0 Å². The highest BCUT2D eigenvalue weighted by Crippen LogP contribution is 2.22. The van der Waals surface area contributed by atoms with Gasteiger partial charge in [-0.15, -0.1) is 0 Å². The van der Waals surface area contributed by atoms with E-state index in [0.717, 1.165) is 24.3 Å². The molecule has 0 amide bonds. The summed E-state index contributed by atoms with van der Waals surface area (Å²) in [6.07, 6.45) is 8.93. The molecule has 1 saturated carbocycles. The van der Waals surface area contributed by atoms with Gasteiger partial charge in [-0.2, -0.15) is 4.98 Å². The number of nitrogens with zero attached hydrogens (tertiary/aromatic N) is 2. The molecular formula is C18H22Cl2N4. The number of halogens is 2. The van der Waals surface area contributed by atoms with Gasteiger partial charge in [0, 0.05) is 28.8 Å². The van der Waals surface area contributed by atoms with E-state index in [9.17, 15) is 0 Å². The molecule has 6 heteroatoms. The topological polar surface area (TPSA) is 49.8 Å². The first-order chi connectivity index (χ1) is 11.7. The van der Waals surface area contributed by atoms with Crippen molar-refractivity contribution in [2.45, 2.75) is 44.6 Å². The molecule has 0 aliphatic heterocycles. The van der Waals surface area contributed by atoms with Crippen LogP contribution in [0.2, 0.25) is 10.0 Å². The van der Waals surface area contributed by atoms with Crippen molar-refractivity contribution in [3.8, 4) is 0 Å². The minimum absolute atomic E-state index is 0.502. The third kappa shape index (κ3) is 4.99. The summed E-state index contributed by atoms with van der Waals surface area (Å²) in [6, 6.07) is 7.98. The number of rotatable bonds is 6. The van der Waals surface area contributed by atoms with Gasteiger partial charge in [-0.1, -0.05) is 48.5 Å². The van der Waals surface area contributed by atoms with E-state index in [1.165, 1.54) is 32.1 Å². The molecule has 0 unspecified atom stereocenters. The number of hydrogen-bond acceptors (Lipinski definition) is 4. The van der Waals surface area contributed by atoms with Crippen LogP contribution in [0.1, 0.15) is 37.7 Å². The van der Waals surface area contributed by atoms with Crippen molar-refractivity contribution >= 4 is 35.0 Å². The zero-order chi connectivity index (χ0) is 16.8. The van der Waals surface area contributed by atoms with Crippen LogP contribution in [0.15, 0.2) is 30.5 Å². The SMILES string of the molecule is Clc1ccc(CCNc2ccnc(NC3CCCCC3)n2)c(Cl)c1. The molecule has 24 heavy (non-hydrogen) atoms. The van der Waals surface area contributed by atoms with Gasteiger partial charge in [-0.05, 0) is 43.0 Å². The van der Waals surface area contributed by atoms with E-state index in [-0.39, 0.29) is 0 Å². The Morgan fingerprint density at radius 3 is 2.71 bits per heavy atom. The highest BCUT2D eigenvalue weighted by molar-refractivity contribution is 6.35. The van der Waals surface area contributed by atoms with E-state index in [2.05, 4.69) is 20.6 Å². The third-order valence-corrected chi connectivity index (χ3v) is 4.90. The molecule has 2 aromatic rings. The van der Waals surface area contributed by atoms with E-state index in [1.807, 2.05) is 18.2 Å².